The molecule has 0 bridgehead atoms. The fraction of sp³-hybridized carbons (Fsp3) is 0.185. The highest BCUT2D eigenvalue weighted by Gasteiger charge is 2.15. The van der Waals surface area contributed by atoms with Crippen LogP contribution >= 0.6 is 0 Å². The predicted octanol–water partition coefficient (Wildman–Crippen LogP) is 4.60. The van der Waals surface area contributed by atoms with Crippen molar-refractivity contribution in [3.05, 3.63) is 93.4 Å². The zero-order valence-electron chi connectivity index (χ0n) is 20.2. The number of aryl methyl sites for hydroxylation is 3. The zero-order valence-corrected chi connectivity index (χ0v) is 20.2. The van der Waals surface area contributed by atoms with Gasteiger partial charge in [-0.25, -0.2) is 4.68 Å². The van der Waals surface area contributed by atoms with Gasteiger partial charge in [-0.1, -0.05) is 30.3 Å². The molecule has 0 atom stereocenters. The van der Waals surface area contributed by atoms with Gasteiger partial charge in [-0.2, -0.15) is 0 Å². The largest absolute Gasteiger partial charge is 0.505 e. The van der Waals surface area contributed by atoms with Crippen molar-refractivity contribution >= 4 is 17.3 Å². The molecule has 0 saturated heterocycles. The van der Waals surface area contributed by atoms with E-state index in [0.29, 0.717) is 28.1 Å². The summed E-state index contributed by atoms with van der Waals surface area (Å²) in [6.45, 7) is 5.71. The minimum absolute atomic E-state index is 0.128. The third-order valence-corrected chi connectivity index (χ3v) is 5.89. The number of aliphatic hydroxyl groups excluding tert-OH is 1. The Morgan fingerprint density at radius 3 is 2.53 bits per heavy atom. The third kappa shape index (κ3) is 4.96. The molecule has 3 aromatic carbocycles. The fourth-order valence-corrected chi connectivity index (χ4v) is 3.75. The molecule has 36 heavy (non-hydrogen) atoms. The summed E-state index contributed by atoms with van der Waals surface area (Å²) in [5.41, 5.74) is 4.85. The quantitative estimate of drug-likeness (QED) is 0.285. The van der Waals surface area contributed by atoms with Crippen LogP contribution < -0.4 is 10.9 Å². The van der Waals surface area contributed by atoms with Crippen LogP contribution in [0.2, 0.25) is 0 Å². The summed E-state index contributed by atoms with van der Waals surface area (Å²) >= 11 is 0. The van der Waals surface area contributed by atoms with Gasteiger partial charge in [0.2, 0.25) is 0 Å². The van der Waals surface area contributed by atoms with E-state index in [-0.39, 0.29) is 41.7 Å². The van der Waals surface area contributed by atoms with Crippen molar-refractivity contribution in [2.45, 2.75) is 20.8 Å². The minimum Gasteiger partial charge on any atom is -0.505 e. The molecule has 4 N–H and O–H groups in total. The number of nitrogens with zero attached hydrogens (tertiary/aromatic N) is 3. The van der Waals surface area contributed by atoms with Crippen molar-refractivity contribution in [3.63, 3.8) is 0 Å². The minimum atomic E-state index is -0.350. The van der Waals surface area contributed by atoms with E-state index in [0.717, 1.165) is 11.1 Å². The summed E-state index contributed by atoms with van der Waals surface area (Å²) in [6.07, 6.45) is 0. The summed E-state index contributed by atoms with van der Waals surface area (Å²) in [4.78, 5) is 25.3. The lowest BCUT2D eigenvalue weighted by Crippen LogP contribution is -2.26. The highest BCUT2D eigenvalue weighted by molar-refractivity contribution is 5.95. The molecule has 0 saturated carbocycles. The summed E-state index contributed by atoms with van der Waals surface area (Å²) < 4.78 is 1.42. The molecule has 0 unspecified atom stereocenters. The standard InChI is InChI=1S/C27H27N5O4/c1-16-10-11-21(14-17(16)2)32-27(36)24(18(3)31-32)30-29-23-9-5-8-22(25(23)34)19-6-4-7-20(15-19)26(35)28-12-13-33/h4-11,14-15,31,33-34H,12-13H2,1-3H3,(H,28,35). The molecule has 0 aliphatic rings. The van der Waals surface area contributed by atoms with Gasteiger partial charge in [-0.3, -0.25) is 14.7 Å². The molecule has 1 heterocycles. The maximum Gasteiger partial charge on any atom is 0.299 e. The molecule has 4 aromatic rings. The number of amides is 1. The smallest absolute Gasteiger partial charge is 0.299 e. The Morgan fingerprint density at radius 2 is 1.78 bits per heavy atom. The lowest BCUT2D eigenvalue weighted by atomic mass is 10.0. The van der Waals surface area contributed by atoms with Crippen LogP contribution in [0.25, 0.3) is 16.8 Å². The highest BCUT2D eigenvalue weighted by Crippen LogP contribution is 2.38. The summed E-state index contributed by atoms with van der Waals surface area (Å²) in [6, 6.07) is 17.5. The first-order valence-electron chi connectivity index (χ1n) is 11.4. The SMILES string of the molecule is Cc1ccc(-n2[nH]c(C)c(N=Nc3cccc(-c4cccc(C(=O)NCCO)c4)c3O)c2=O)cc1C. The van der Waals surface area contributed by atoms with E-state index in [2.05, 4.69) is 20.6 Å². The number of aromatic nitrogens is 2. The molecular formula is C27H27N5O4. The van der Waals surface area contributed by atoms with Crippen LogP contribution in [0.15, 0.2) is 75.7 Å². The maximum absolute atomic E-state index is 13.0. The molecule has 1 aromatic heterocycles. The van der Waals surface area contributed by atoms with E-state index >= 15 is 0 Å². The van der Waals surface area contributed by atoms with Gasteiger partial charge in [-0.05, 0) is 67.8 Å². The average Bonchev–Trinajstić information content (AvgIpc) is 3.16. The van der Waals surface area contributed by atoms with Crippen molar-refractivity contribution in [1.82, 2.24) is 15.1 Å². The molecule has 0 spiro atoms. The lowest BCUT2D eigenvalue weighted by Gasteiger charge is -2.09. The van der Waals surface area contributed by atoms with E-state index in [9.17, 15) is 14.7 Å². The van der Waals surface area contributed by atoms with Gasteiger partial charge in [0.05, 0.1) is 18.0 Å². The van der Waals surface area contributed by atoms with Crippen molar-refractivity contribution in [2.24, 2.45) is 10.2 Å². The van der Waals surface area contributed by atoms with Gasteiger partial charge in [0, 0.05) is 17.7 Å². The number of phenols is 1. The number of hydrogen-bond donors (Lipinski definition) is 4. The molecule has 9 heteroatoms. The first kappa shape index (κ1) is 24.6. The molecule has 1 amide bonds. The van der Waals surface area contributed by atoms with E-state index in [1.165, 1.54) is 4.68 Å². The zero-order chi connectivity index (χ0) is 25.8. The number of carbonyl (C=O) groups excluding carboxylic acids is 1. The summed E-state index contributed by atoms with van der Waals surface area (Å²) in [5.74, 6) is -0.457. The number of benzene rings is 3. The van der Waals surface area contributed by atoms with Crippen LogP contribution in [-0.4, -0.2) is 39.1 Å². The van der Waals surface area contributed by atoms with Gasteiger partial charge in [-0.15, -0.1) is 10.2 Å². The maximum atomic E-state index is 13.0. The number of azo groups is 1. The van der Waals surface area contributed by atoms with Gasteiger partial charge in [0.25, 0.3) is 11.5 Å². The average molecular weight is 486 g/mol. The summed E-state index contributed by atoms with van der Waals surface area (Å²) in [5, 5.41) is 33.7. The van der Waals surface area contributed by atoms with E-state index in [1.54, 1.807) is 49.4 Å². The number of aromatic hydroxyl groups is 1. The molecule has 0 radical (unpaired) electrons. The molecule has 9 nitrogen and oxygen atoms in total. The van der Waals surface area contributed by atoms with E-state index < -0.39 is 0 Å². The molecule has 0 aliphatic carbocycles. The Morgan fingerprint density at radius 1 is 1.00 bits per heavy atom. The number of hydrogen-bond acceptors (Lipinski definition) is 6. The van der Waals surface area contributed by atoms with Crippen molar-refractivity contribution in [3.8, 4) is 22.6 Å². The van der Waals surface area contributed by atoms with Crippen LogP contribution in [0.4, 0.5) is 11.4 Å². The first-order chi connectivity index (χ1) is 17.3. The number of rotatable bonds is 7. The fourth-order valence-electron chi connectivity index (χ4n) is 3.75. The van der Waals surface area contributed by atoms with Gasteiger partial charge in [0.1, 0.15) is 5.69 Å². The monoisotopic (exact) mass is 485 g/mol. The van der Waals surface area contributed by atoms with Crippen molar-refractivity contribution in [2.75, 3.05) is 13.2 Å². The number of para-hydroxylation sites is 1. The Hall–Kier alpha value is -4.50. The Balaban J connectivity index is 1.65. The molecule has 184 valence electrons. The van der Waals surface area contributed by atoms with Crippen LogP contribution in [0, 0.1) is 20.8 Å². The van der Waals surface area contributed by atoms with Gasteiger partial charge >= 0.3 is 0 Å². The van der Waals surface area contributed by atoms with Crippen molar-refractivity contribution in [1.29, 1.82) is 0 Å². The van der Waals surface area contributed by atoms with Crippen LogP contribution in [0.5, 0.6) is 5.75 Å². The Labute approximate surface area is 207 Å². The second kappa shape index (κ2) is 10.4. The number of aliphatic hydroxyl groups is 1. The second-order valence-electron chi connectivity index (χ2n) is 8.43. The number of H-pyrrole nitrogens is 1. The Bertz CT molecular complexity index is 1520. The number of phenolic OH excluding ortho intramolecular Hbond substituents is 1. The number of carbonyl (C=O) groups is 1. The molecular weight excluding hydrogens is 458 g/mol. The number of aromatic amines is 1. The third-order valence-electron chi connectivity index (χ3n) is 5.89. The number of nitrogens with one attached hydrogen (secondary N) is 2. The summed E-state index contributed by atoms with van der Waals surface area (Å²) in [7, 11) is 0. The molecule has 4 rings (SSSR count). The Kier molecular flexibility index (Phi) is 7.12. The second-order valence-corrected chi connectivity index (χ2v) is 8.43. The van der Waals surface area contributed by atoms with Crippen LogP contribution in [0.3, 0.4) is 0 Å². The van der Waals surface area contributed by atoms with Crippen LogP contribution in [0.1, 0.15) is 27.2 Å². The van der Waals surface area contributed by atoms with Crippen LogP contribution in [-0.2, 0) is 0 Å². The first-order valence-corrected chi connectivity index (χ1v) is 11.4. The van der Waals surface area contributed by atoms with E-state index in [4.69, 9.17) is 5.11 Å². The topological polar surface area (TPSA) is 132 Å². The van der Waals surface area contributed by atoms with Crippen molar-refractivity contribution < 1.29 is 15.0 Å². The lowest BCUT2D eigenvalue weighted by molar-refractivity contribution is 0.0945. The predicted molar refractivity (Wildman–Crippen MR) is 138 cm³/mol. The molecule has 0 aliphatic heterocycles. The molecule has 0 fully saturated rings. The normalized spacial score (nSPS) is 11.2. The van der Waals surface area contributed by atoms with Gasteiger partial charge in [0.15, 0.2) is 11.4 Å². The highest BCUT2D eigenvalue weighted by atomic mass is 16.3. The van der Waals surface area contributed by atoms with E-state index in [1.807, 2.05) is 32.0 Å². The van der Waals surface area contributed by atoms with Gasteiger partial charge < -0.3 is 15.5 Å².